The Balaban J connectivity index is 3.56. The minimum Gasteiger partial charge on any atom is -0.507 e. The van der Waals surface area contributed by atoms with Gasteiger partial charge in [0.05, 0.1) is 26.2 Å². The molecule has 20 heavy (non-hydrogen) atoms. The summed E-state index contributed by atoms with van der Waals surface area (Å²) in [5.74, 6) is -5.05. The SMILES string of the molecule is COC(=O)Cc1c(C(=O)OC)cc(O)c(C(=O)O)c1O. The van der Waals surface area contributed by atoms with Gasteiger partial charge in [-0.15, -0.1) is 0 Å². The molecule has 0 saturated carbocycles. The van der Waals surface area contributed by atoms with Gasteiger partial charge in [0.15, 0.2) is 0 Å². The maximum absolute atomic E-state index is 11.5. The van der Waals surface area contributed by atoms with Crippen molar-refractivity contribution in [1.29, 1.82) is 0 Å². The van der Waals surface area contributed by atoms with E-state index in [4.69, 9.17) is 5.11 Å². The van der Waals surface area contributed by atoms with Crippen molar-refractivity contribution in [3.63, 3.8) is 0 Å². The number of ether oxygens (including phenoxy) is 2. The minimum atomic E-state index is -1.61. The Bertz CT molecular complexity index is 575. The predicted molar refractivity (Wildman–Crippen MR) is 63.8 cm³/mol. The number of hydrogen-bond donors (Lipinski definition) is 3. The maximum Gasteiger partial charge on any atom is 0.343 e. The number of aromatic carboxylic acids is 1. The lowest BCUT2D eigenvalue weighted by Gasteiger charge is -2.12. The van der Waals surface area contributed by atoms with E-state index in [9.17, 15) is 24.6 Å². The lowest BCUT2D eigenvalue weighted by atomic mass is 9.98. The minimum absolute atomic E-state index is 0.293. The van der Waals surface area contributed by atoms with Crippen molar-refractivity contribution in [2.45, 2.75) is 6.42 Å². The molecule has 1 rings (SSSR count). The molecule has 0 fully saturated rings. The van der Waals surface area contributed by atoms with E-state index < -0.39 is 41.4 Å². The first kappa shape index (κ1) is 15.3. The number of hydrogen-bond acceptors (Lipinski definition) is 7. The maximum atomic E-state index is 11.5. The lowest BCUT2D eigenvalue weighted by molar-refractivity contribution is -0.139. The van der Waals surface area contributed by atoms with Crippen LogP contribution in [0.3, 0.4) is 0 Å². The van der Waals surface area contributed by atoms with Crippen molar-refractivity contribution < 1.29 is 39.2 Å². The molecule has 0 aliphatic rings. The van der Waals surface area contributed by atoms with E-state index >= 15 is 0 Å². The van der Waals surface area contributed by atoms with Gasteiger partial charge >= 0.3 is 17.9 Å². The molecule has 0 atom stereocenters. The molecule has 0 radical (unpaired) electrons. The molecule has 0 amide bonds. The molecule has 0 unspecified atom stereocenters. The summed E-state index contributed by atoms with van der Waals surface area (Å²) in [4.78, 5) is 33.8. The van der Waals surface area contributed by atoms with Crippen LogP contribution in [0.4, 0.5) is 0 Å². The van der Waals surface area contributed by atoms with Crippen molar-refractivity contribution in [3.05, 3.63) is 22.8 Å². The fourth-order valence-corrected chi connectivity index (χ4v) is 1.59. The third-order valence-corrected chi connectivity index (χ3v) is 2.55. The molecule has 0 bridgehead atoms. The van der Waals surface area contributed by atoms with Gasteiger partial charge < -0.3 is 24.8 Å². The Kier molecular flexibility index (Phi) is 4.52. The molecule has 8 nitrogen and oxygen atoms in total. The average Bonchev–Trinajstić information content (AvgIpc) is 2.39. The summed E-state index contributed by atoms with van der Waals surface area (Å²) < 4.78 is 8.84. The molecular formula is C12H12O8. The summed E-state index contributed by atoms with van der Waals surface area (Å²) in [6, 6.07) is 0.813. The number of carboxylic acid groups (broad SMARTS) is 1. The second kappa shape index (κ2) is 5.91. The van der Waals surface area contributed by atoms with Gasteiger partial charge in [-0.2, -0.15) is 0 Å². The quantitative estimate of drug-likeness (QED) is 0.673. The third-order valence-electron chi connectivity index (χ3n) is 2.55. The number of carbonyl (C=O) groups excluding carboxylic acids is 2. The van der Waals surface area contributed by atoms with Crippen LogP contribution in [0, 0.1) is 0 Å². The van der Waals surface area contributed by atoms with Crippen molar-refractivity contribution in [1.82, 2.24) is 0 Å². The van der Waals surface area contributed by atoms with Gasteiger partial charge in [-0.3, -0.25) is 4.79 Å². The highest BCUT2D eigenvalue weighted by Gasteiger charge is 2.27. The van der Waals surface area contributed by atoms with Gasteiger partial charge in [-0.1, -0.05) is 0 Å². The van der Waals surface area contributed by atoms with Gasteiger partial charge in [-0.05, 0) is 6.07 Å². The van der Waals surface area contributed by atoms with E-state index in [2.05, 4.69) is 9.47 Å². The van der Waals surface area contributed by atoms with Crippen LogP contribution in [0.25, 0.3) is 0 Å². The molecule has 108 valence electrons. The lowest BCUT2D eigenvalue weighted by Crippen LogP contribution is -2.13. The Morgan fingerprint density at radius 3 is 2.20 bits per heavy atom. The Morgan fingerprint density at radius 2 is 1.75 bits per heavy atom. The first-order valence-electron chi connectivity index (χ1n) is 5.29. The number of carbonyl (C=O) groups is 3. The van der Waals surface area contributed by atoms with Crippen LogP contribution in [-0.2, 0) is 20.7 Å². The Morgan fingerprint density at radius 1 is 1.15 bits per heavy atom. The van der Waals surface area contributed by atoms with Crippen LogP contribution in [0.2, 0.25) is 0 Å². The fraction of sp³-hybridized carbons (Fsp3) is 0.250. The van der Waals surface area contributed by atoms with E-state index in [1.54, 1.807) is 0 Å². The number of carboxylic acids is 1. The van der Waals surface area contributed by atoms with Crippen LogP contribution in [0.5, 0.6) is 11.5 Å². The van der Waals surface area contributed by atoms with Crippen molar-refractivity contribution in [3.8, 4) is 11.5 Å². The summed E-state index contributed by atoms with van der Waals surface area (Å²) >= 11 is 0. The molecule has 0 aliphatic heterocycles. The second-order valence-corrected chi connectivity index (χ2v) is 3.70. The molecule has 0 heterocycles. The summed E-state index contributed by atoms with van der Waals surface area (Å²) in [7, 11) is 2.15. The second-order valence-electron chi connectivity index (χ2n) is 3.70. The zero-order chi connectivity index (χ0) is 15.4. The topological polar surface area (TPSA) is 130 Å². The summed E-state index contributed by atoms with van der Waals surface area (Å²) in [5, 5.41) is 28.3. The first-order chi connectivity index (χ1) is 9.33. The standard InChI is InChI=1S/C12H12O8/c1-19-8(14)4-5-6(12(18)20-2)3-7(13)9(10(5)15)11(16)17/h3,13,15H,4H2,1-2H3,(H,16,17). The zero-order valence-electron chi connectivity index (χ0n) is 10.7. The number of aromatic hydroxyl groups is 2. The number of phenols is 2. The average molecular weight is 284 g/mol. The number of benzene rings is 1. The van der Waals surface area contributed by atoms with E-state index in [0.717, 1.165) is 20.3 Å². The van der Waals surface area contributed by atoms with Gasteiger partial charge in [0.25, 0.3) is 0 Å². The Labute approximate surface area is 113 Å². The fourth-order valence-electron chi connectivity index (χ4n) is 1.59. The molecule has 0 saturated heterocycles. The van der Waals surface area contributed by atoms with Crippen LogP contribution < -0.4 is 0 Å². The van der Waals surface area contributed by atoms with E-state index in [0.29, 0.717) is 0 Å². The van der Waals surface area contributed by atoms with Crippen molar-refractivity contribution >= 4 is 17.9 Å². The molecule has 1 aromatic carbocycles. The summed E-state index contributed by atoms with van der Waals surface area (Å²) in [5.41, 5.74) is -1.42. The molecular weight excluding hydrogens is 272 g/mol. The number of esters is 2. The highest BCUT2D eigenvalue weighted by molar-refractivity contribution is 6.00. The van der Waals surface area contributed by atoms with Gasteiger partial charge in [-0.25, -0.2) is 9.59 Å². The third kappa shape index (κ3) is 2.79. The van der Waals surface area contributed by atoms with Crippen LogP contribution in [0.1, 0.15) is 26.3 Å². The molecule has 1 aromatic rings. The van der Waals surface area contributed by atoms with Gasteiger partial charge in [0, 0.05) is 5.56 Å². The van der Waals surface area contributed by atoms with Crippen LogP contribution >= 0.6 is 0 Å². The van der Waals surface area contributed by atoms with Crippen molar-refractivity contribution in [2.75, 3.05) is 14.2 Å². The predicted octanol–water partition coefficient (Wildman–Crippen LogP) is 0.298. The van der Waals surface area contributed by atoms with Gasteiger partial charge in [0.1, 0.15) is 17.1 Å². The highest BCUT2D eigenvalue weighted by Crippen LogP contribution is 2.34. The first-order valence-corrected chi connectivity index (χ1v) is 5.29. The molecule has 0 aromatic heterocycles. The number of rotatable bonds is 4. The van der Waals surface area contributed by atoms with Crippen LogP contribution in [-0.4, -0.2) is 47.4 Å². The zero-order valence-corrected chi connectivity index (χ0v) is 10.7. The monoisotopic (exact) mass is 284 g/mol. The normalized spacial score (nSPS) is 9.90. The number of methoxy groups -OCH3 is 2. The Hall–Kier alpha value is -2.77. The van der Waals surface area contributed by atoms with Crippen molar-refractivity contribution in [2.24, 2.45) is 0 Å². The summed E-state index contributed by atoms with van der Waals surface area (Å²) in [6.07, 6.45) is -0.548. The van der Waals surface area contributed by atoms with Gasteiger partial charge in [0.2, 0.25) is 0 Å². The molecule has 3 N–H and O–H groups in total. The van der Waals surface area contributed by atoms with Crippen LogP contribution in [0.15, 0.2) is 6.07 Å². The van der Waals surface area contributed by atoms with E-state index in [1.807, 2.05) is 0 Å². The molecule has 0 aliphatic carbocycles. The molecule has 8 heteroatoms. The largest absolute Gasteiger partial charge is 0.507 e. The summed E-state index contributed by atoms with van der Waals surface area (Å²) in [6.45, 7) is 0. The molecule has 0 spiro atoms. The van der Waals surface area contributed by atoms with E-state index in [-0.39, 0.29) is 11.1 Å². The van der Waals surface area contributed by atoms with E-state index in [1.165, 1.54) is 0 Å². The smallest absolute Gasteiger partial charge is 0.343 e. The highest BCUT2D eigenvalue weighted by atomic mass is 16.5.